The van der Waals surface area contributed by atoms with Gasteiger partial charge in [-0.05, 0) is 12.1 Å². The minimum Gasteiger partial charge on any atom is -0.481 e. The first-order chi connectivity index (χ1) is 18.2. The second-order valence-corrected chi connectivity index (χ2v) is 8.20. The number of rotatable bonds is 10. The van der Waals surface area contributed by atoms with Gasteiger partial charge in [0.15, 0.2) is 0 Å². The molecular weight excluding hydrogens is 500 g/mol. The van der Waals surface area contributed by atoms with Crippen molar-refractivity contribution in [1.29, 1.82) is 0 Å². The van der Waals surface area contributed by atoms with E-state index in [9.17, 15) is 38.7 Å². The van der Waals surface area contributed by atoms with E-state index in [-0.39, 0.29) is 23.2 Å². The van der Waals surface area contributed by atoms with Crippen LogP contribution in [0.2, 0.25) is 0 Å². The molecule has 0 aliphatic carbocycles. The van der Waals surface area contributed by atoms with Crippen LogP contribution in [0.15, 0.2) is 54.6 Å². The number of carbonyl (C=O) groups excluding carboxylic acids is 6. The van der Waals surface area contributed by atoms with Gasteiger partial charge in [-0.1, -0.05) is 42.5 Å². The number of carboxylic acid groups (broad SMARTS) is 1. The summed E-state index contributed by atoms with van der Waals surface area (Å²) in [6, 6.07) is 10.6. The summed E-state index contributed by atoms with van der Waals surface area (Å²) in [5.41, 5.74) is 0.269. The van der Waals surface area contributed by atoms with Gasteiger partial charge in [0.2, 0.25) is 11.7 Å². The number of aliphatic hydroxyl groups excluding tert-OH is 1. The van der Waals surface area contributed by atoms with E-state index >= 15 is 0 Å². The average Bonchev–Trinajstić information content (AvgIpc) is 3.02. The number of carboxylic acids is 1. The van der Waals surface area contributed by atoms with Crippen LogP contribution in [0, 0.1) is 0 Å². The summed E-state index contributed by atoms with van der Waals surface area (Å²) in [5, 5.41) is 22.9. The van der Waals surface area contributed by atoms with Gasteiger partial charge in [0.25, 0.3) is 17.7 Å². The quantitative estimate of drug-likeness (QED) is 0.169. The lowest BCUT2D eigenvalue weighted by Crippen LogP contribution is -2.56. The van der Waals surface area contributed by atoms with Gasteiger partial charge in [0.1, 0.15) is 25.5 Å². The number of aldehydes is 1. The van der Waals surface area contributed by atoms with Crippen molar-refractivity contribution in [3.8, 4) is 0 Å². The number of amides is 4. The fourth-order valence-corrected chi connectivity index (χ4v) is 3.84. The molecule has 38 heavy (non-hydrogen) atoms. The van der Waals surface area contributed by atoms with E-state index in [4.69, 9.17) is 5.11 Å². The fraction of sp³-hybridized carbons (Fsp3) is 0.240. The van der Waals surface area contributed by atoms with Crippen molar-refractivity contribution < 1.29 is 43.8 Å². The van der Waals surface area contributed by atoms with E-state index in [1.165, 1.54) is 30.3 Å². The number of fused-ring (bicyclic) bond motifs is 1. The zero-order valence-corrected chi connectivity index (χ0v) is 19.9. The van der Waals surface area contributed by atoms with Crippen molar-refractivity contribution in [1.82, 2.24) is 10.6 Å². The maximum atomic E-state index is 13.6. The number of aliphatic hydroxyl groups is 1. The van der Waals surface area contributed by atoms with Gasteiger partial charge in [0, 0.05) is 5.56 Å². The Balaban J connectivity index is 1.95. The Bertz CT molecular complexity index is 1260. The molecule has 3 rings (SSSR count). The molecule has 0 fully saturated rings. The Kier molecular flexibility index (Phi) is 9.00. The lowest BCUT2D eigenvalue weighted by Gasteiger charge is -2.25. The lowest BCUT2D eigenvalue weighted by atomic mass is 10.1. The molecule has 1 aliphatic heterocycles. The summed E-state index contributed by atoms with van der Waals surface area (Å²) in [4.78, 5) is 88.3. The summed E-state index contributed by atoms with van der Waals surface area (Å²) >= 11 is 0. The van der Waals surface area contributed by atoms with E-state index in [1.54, 1.807) is 24.3 Å². The number of hydrogen-bond donors (Lipinski definition) is 4. The fourth-order valence-electron chi connectivity index (χ4n) is 3.84. The van der Waals surface area contributed by atoms with Crippen LogP contribution in [-0.4, -0.2) is 83.7 Å². The monoisotopic (exact) mass is 524 g/mol. The highest BCUT2D eigenvalue weighted by Gasteiger charge is 2.38. The summed E-state index contributed by atoms with van der Waals surface area (Å²) < 4.78 is 0. The second-order valence-electron chi connectivity index (χ2n) is 8.20. The molecule has 0 aromatic heterocycles. The largest absolute Gasteiger partial charge is 0.481 e. The van der Waals surface area contributed by atoms with Crippen LogP contribution < -0.4 is 20.4 Å². The van der Waals surface area contributed by atoms with Crippen molar-refractivity contribution in [2.24, 2.45) is 0 Å². The molecule has 0 saturated heterocycles. The van der Waals surface area contributed by atoms with Crippen molar-refractivity contribution >= 4 is 53.0 Å². The Hall–Kier alpha value is -4.91. The molecule has 198 valence electrons. The number of aliphatic carboxylic acids is 1. The Morgan fingerprint density at radius 1 is 1.00 bits per heavy atom. The summed E-state index contributed by atoms with van der Waals surface area (Å²) in [5.74, 6) is -5.97. The number of nitrogens with zero attached hydrogens (tertiary/aromatic N) is 2. The van der Waals surface area contributed by atoms with Crippen molar-refractivity contribution in [3.05, 3.63) is 60.2 Å². The van der Waals surface area contributed by atoms with Crippen LogP contribution in [0.4, 0.5) is 11.4 Å². The van der Waals surface area contributed by atoms with Crippen molar-refractivity contribution in [2.45, 2.75) is 18.5 Å². The van der Waals surface area contributed by atoms with Gasteiger partial charge in [-0.25, -0.2) is 0 Å². The lowest BCUT2D eigenvalue weighted by molar-refractivity contribution is -0.139. The smallest absolute Gasteiger partial charge is 0.305 e. The maximum absolute atomic E-state index is 13.6. The molecule has 1 aliphatic rings. The predicted octanol–water partition coefficient (Wildman–Crippen LogP) is -1.12. The number of hydrogen-bond acceptors (Lipinski definition) is 8. The molecule has 4 N–H and O–H groups in total. The summed E-state index contributed by atoms with van der Waals surface area (Å²) in [6.07, 6.45) is -0.442. The molecule has 0 spiro atoms. The number of para-hydroxylation sites is 2. The van der Waals surface area contributed by atoms with Crippen LogP contribution in [0.3, 0.4) is 0 Å². The standard InChI is InChI=1S/C25H24N4O9/c30-13-16(10-22(34)35)26-20(32)12-29-19-9-5-4-8-18(19)28(21(33)14-31)11-17(25(29)38)27-24(37)23(36)15-6-2-1-3-7-15/h1-9,13,16-17,31H,10-12,14H2,(H,26,32)(H,27,37)(H,34,35)/t16-,17-/m0/s1. The average molecular weight is 524 g/mol. The van der Waals surface area contributed by atoms with E-state index in [0.717, 1.165) is 9.80 Å². The van der Waals surface area contributed by atoms with E-state index in [2.05, 4.69) is 10.6 Å². The first kappa shape index (κ1) is 27.7. The van der Waals surface area contributed by atoms with E-state index < -0.39 is 73.6 Å². The van der Waals surface area contributed by atoms with Gasteiger partial charge in [-0.15, -0.1) is 0 Å². The third kappa shape index (κ3) is 6.44. The minimum atomic E-state index is -1.51. The van der Waals surface area contributed by atoms with Crippen molar-refractivity contribution in [2.75, 3.05) is 29.5 Å². The highest BCUT2D eigenvalue weighted by Crippen LogP contribution is 2.32. The van der Waals surface area contributed by atoms with Gasteiger partial charge >= 0.3 is 5.97 Å². The number of carbonyl (C=O) groups is 7. The third-order valence-corrected chi connectivity index (χ3v) is 5.58. The minimum absolute atomic E-state index is 0.0622. The number of anilines is 2. The van der Waals surface area contributed by atoms with E-state index in [1.807, 2.05) is 0 Å². The van der Waals surface area contributed by atoms with Gasteiger partial charge in [-0.3, -0.25) is 33.7 Å². The molecule has 4 amide bonds. The third-order valence-electron chi connectivity index (χ3n) is 5.58. The molecule has 2 aromatic rings. The SMILES string of the molecule is O=C[C@H](CC(=O)O)NC(=O)CN1C(=O)[C@@H](NC(=O)C(=O)c2ccccc2)CN(C(=O)CO)c2ccccc21. The molecule has 13 heteroatoms. The molecule has 0 saturated carbocycles. The van der Waals surface area contributed by atoms with Crippen LogP contribution in [0.1, 0.15) is 16.8 Å². The predicted molar refractivity (Wildman–Crippen MR) is 131 cm³/mol. The van der Waals surface area contributed by atoms with Gasteiger partial charge in [0.05, 0.1) is 30.4 Å². The van der Waals surface area contributed by atoms with Crippen LogP contribution >= 0.6 is 0 Å². The second kappa shape index (κ2) is 12.4. The molecule has 0 unspecified atom stereocenters. The Morgan fingerprint density at radius 3 is 2.24 bits per heavy atom. The molecule has 13 nitrogen and oxygen atoms in total. The molecule has 0 bridgehead atoms. The van der Waals surface area contributed by atoms with Gasteiger partial charge in [-0.2, -0.15) is 0 Å². The van der Waals surface area contributed by atoms with E-state index in [0.29, 0.717) is 0 Å². The number of Topliss-reactive ketones (excluding diaryl/α,β-unsaturated/α-hetero) is 1. The molecule has 2 atom stereocenters. The zero-order valence-electron chi connectivity index (χ0n) is 19.9. The first-order valence-corrected chi connectivity index (χ1v) is 11.3. The highest BCUT2D eigenvalue weighted by atomic mass is 16.4. The number of ketones is 1. The molecule has 0 radical (unpaired) electrons. The maximum Gasteiger partial charge on any atom is 0.305 e. The molecule has 1 heterocycles. The van der Waals surface area contributed by atoms with Crippen molar-refractivity contribution in [3.63, 3.8) is 0 Å². The Labute approximate surface area is 216 Å². The van der Waals surface area contributed by atoms with Crippen LogP contribution in [0.5, 0.6) is 0 Å². The normalized spacial score (nSPS) is 15.5. The first-order valence-electron chi connectivity index (χ1n) is 11.3. The van der Waals surface area contributed by atoms with Crippen LogP contribution in [-0.2, 0) is 28.8 Å². The molecule has 2 aromatic carbocycles. The summed E-state index contributed by atoms with van der Waals surface area (Å²) in [6.45, 7) is -2.10. The summed E-state index contributed by atoms with van der Waals surface area (Å²) in [7, 11) is 0. The topological polar surface area (TPSA) is 190 Å². The number of nitrogens with one attached hydrogen (secondary N) is 2. The zero-order chi connectivity index (χ0) is 27.8. The Morgan fingerprint density at radius 2 is 1.63 bits per heavy atom. The molecular formula is C25H24N4O9. The number of benzene rings is 2. The highest BCUT2D eigenvalue weighted by molar-refractivity contribution is 6.43. The van der Waals surface area contributed by atoms with Crippen LogP contribution in [0.25, 0.3) is 0 Å². The van der Waals surface area contributed by atoms with Gasteiger partial charge < -0.3 is 30.5 Å².